The second kappa shape index (κ2) is 14.7. The molecule has 0 bridgehead atoms. The van der Waals surface area contributed by atoms with Crippen LogP contribution < -0.4 is 0 Å². The van der Waals surface area contributed by atoms with E-state index < -0.39 is 0 Å². The lowest BCUT2D eigenvalue weighted by Gasteiger charge is -2.37. The van der Waals surface area contributed by atoms with Crippen LogP contribution in [0, 0.1) is 11.7 Å². The third-order valence-electron chi connectivity index (χ3n) is 10.4. The Morgan fingerprint density at radius 1 is 0.750 bits per heavy atom. The number of carbonyl (C=O) groups excluding carboxylic acids is 2. The number of nitrogens with zero attached hydrogens (tertiary/aromatic N) is 5. The van der Waals surface area contributed by atoms with Crippen LogP contribution in [0.2, 0.25) is 0 Å². The van der Waals surface area contributed by atoms with Crippen molar-refractivity contribution in [3.8, 4) is 5.69 Å². The van der Waals surface area contributed by atoms with E-state index in [4.69, 9.17) is 9.84 Å². The molecule has 250 valence electrons. The van der Waals surface area contributed by atoms with Gasteiger partial charge in [-0.1, -0.05) is 60.7 Å². The Kier molecular flexibility index (Phi) is 9.84. The molecular formula is C39H44FN5O3. The van der Waals surface area contributed by atoms with Gasteiger partial charge in [0.1, 0.15) is 12.4 Å². The van der Waals surface area contributed by atoms with Crippen molar-refractivity contribution in [1.82, 2.24) is 24.5 Å². The highest BCUT2D eigenvalue weighted by Crippen LogP contribution is 2.35. The number of halogens is 1. The van der Waals surface area contributed by atoms with E-state index in [0.717, 1.165) is 88.3 Å². The monoisotopic (exact) mass is 649 g/mol. The molecule has 2 amide bonds. The normalized spacial score (nSPS) is 19.5. The summed E-state index contributed by atoms with van der Waals surface area (Å²) in [6.45, 7) is 6.05. The van der Waals surface area contributed by atoms with Gasteiger partial charge in [0.15, 0.2) is 0 Å². The fourth-order valence-electron chi connectivity index (χ4n) is 7.68. The van der Waals surface area contributed by atoms with Crippen molar-refractivity contribution >= 4 is 12.0 Å². The fourth-order valence-corrected chi connectivity index (χ4v) is 7.68. The zero-order valence-corrected chi connectivity index (χ0v) is 27.4. The maximum atomic E-state index is 14.1. The lowest BCUT2D eigenvalue weighted by Crippen LogP contribution is -2.43. The fraction of sp³-hybridized carbons (Fsp3) is 0.410. The zero-order valence-electron chi connectivity index (χ0n) is 27.4. The highest BCUT2D eigenvalue weighted by atomic mass is 19.1. The molecule has 0 spiro atoms. The maximum absolute atomic E-state index is 14.1. The van der Waals surface area contributed by atoms with E-state index in [1.165, 1.54) is 17.7 Å². The minimum absolute atomic E-state index is 0.0354. The molecule has 3 aromatic carbocycles. The summed E-state index contributed by atoms with van der Waals surface area (Å²) in [5.74, 6) is 0.779. The minimum atomic E-state index is -0.295. The van der Waals surface area contributed by atoms with Crippen LogP contribution in [0.4, 0.5) is 9.18 Å². The number of likely N-dealkylation sites (tertiary alicyclic amines) is 3. The molecule has 4 heterocycles. The molecule has 0 N–H and O–H groups in total. The number of piperidine rings is 2. The smallest absolute Gasteiger partial charge is 0.410 e. The highest BCUT2D eigenvalue weighted by molar-refractivity contribution is 5.95. The number of hydrogen-bond donors (Lipinski definition) is 0. The molecule has 1 aromatic heterocycles. The van der Waals surface area contributed by atoms with Crippen LogP contribution >= 0.6 is 0 Å². The summed E-state index contributed by atoms with van der Waals surface area (Å²) in [6.07, 6.45) is 6.22. The Morgan fingerprint density at radius 2 is 1.40 bits per heavy atom. The largest absolute Gasteiger partial charge is 0.445 e. The zero-order chi connectivity index (χ0) is 32.9. The molecule has 9 heteroatoms. The van der Waals surface area contributed by atoms with Crippen LogP contribution in [-0.4, -0.2) is 82.3 Å². The first-order valence-electron chi connectivity index (χ1n) is 17.4. The molecule has 3 saturated heterocycles. The van der Waals surface area contributed by atoms with Crippen LogP contribution in [-0.2, 0) is 11.3 Å². The van der Waals surface area contributed by atoms with Gasteiger partial charge in [-0.2, -0.15) is 5.10 Å². The van der Waals surface area contributed by atoms with Crippen LogP contribution in [0.15, 0.2) is 91.1 Å². The summed E-state index contributed by atoms with van der Waals surface area (Å²) in [4.78, 5) is 33.1. The Bertz CT molecular complexity index is 1660. The molecule has 3 aliphatic heterocycles. The first-order valence-corrected chi connectivity index (χ1v) is 17.4. The van der Waals surface area contributed by atoms with Crippen molar-refractivity contribution in [1.29, 1.82) is 0 Å². The summed E-state index contributed by atoms with van der Waals surface area (Å²) in [5.41, 5.74) is 4.64. The SMILES string of the molecule is O=C(OCc1ccccc1)N1CCC(CN2CCC(c3c(C(=O)N4CC[C@H](c5ccccc5)C4)cnn3-c3ccc(F)cc3)CC2)CC1. The van der Waals surface area contributed by atoms with Crippen molar-refractivity contribution in [3.05, 3.63) is 119 Å². The summed E-state index contributed by atoms with van der Waals surface area (Å²) in [7, 11) is 0. The Hall–Kier alpha value is -4.50. The number of aromatic nitrogens is 2. The van der Waals surface area contributed by atoms with E-state index in [0.29, 0.717) is 30.6 Å². The van der Waals surface area contributed by atoms with Crippen LogP contribution in [0.25, 0.3) is 5.69 Å². The molecule has 0 aliphatic carbocycles. The summed E-state index contributed by atoms with van der Waals surface area (Å²) >= 11 is 0. The average molecular weight is 650 g/mol. The second-order valence-electron chi connectivity index (χ2n) is 13.5. The Balaban J connectivity index is 0.970. The molecule has 0 radical (unpaired) electrons. The first-order chi connectivity index (χ1) is 23.5. The Morgan fingerprint density at radius 3 is 2.10 bits per heavy atom. The Labute approximate surface area is 282 Å². The number of rotatable bonds is 8. The first kappa shape index (κ1) is 32.1. The van der Waals surface area contributed by atoms with Gasteiger partial charge in [0.05, 0.1) is 23.1 Å². The van der Waals surface area contributed by atoms with Crippen LogP contribution in [0.5, 0.6) is 0 Å². The van der Waals surface area contributed by atoms with Crippen molar-refractivity contribution in [3.63, 3.8) is 0 Å². The quantitative estimate of drug-likeness (QED) is 0.209. The van der Waals surface area contributed by atoms with Crippen LogP contribution in [0.1, 0.15) is 71.1 Å². The molecule has 0 saturated carbocycles. The van der Waals surface area contributed by atoms with Gasteiger partial charge in [0.2, 0.25) is 0 Å². The van der Waals surface area contributed by atoms with Gasteiger partial charge >= 0.3 is 6.09 Å². The van der Waals surface area contributed by atoms with Crippen molar-refractivity contribution in [2.75, 3.05) is 45.8 Å². The third-order valence-corrected chi connectivity index (χ3v) is 10.4. The van der Waals surface area contributed by atoms with Gasteiger partial charge in [-0.15, -0.1) is 0 Å². The van der Waals surface area contributed by atoms with Gasteiger partial charge in [-0.25, -0.2) is 13.9 Å². The molecular weight excluding hydrogens is 605 g/mol. The molecule has 0 unspecified atom stereocenters. The lowest BCUT2D eigenvalue weighted by molar-refractivity contribution is 0.0750. The van der Waals surface area contributed by atoms with Crippen molar-refractivity contribution in [2.24, 2.45) is 5.92 Å². The van der Waals surface area contributed by atoms with E-state index in [1.807, 2.05) is 50.9 Å². The standard InChI is InChI=1S/C39H44FN5O3/c40-34-11-13-35(14-12-34)45-37(36(25-41-45)38(46)44-24-19-33(27-44)31-9-5-2-6-10-31)32-17-20-42(21-18-32)26-29-15-22-43(23-16-29)39(47)48-28-30-7-3-1-4-8-30/h1-14,25,29,32-33H,15-24,26-28H2/t33-/m0/s1. The van der Waals surface area contributed by atoms with Crippen molar-refractivity contribution < 1.29 is 18.7 Å². The number of hydrogen-bond acceptors (Lipinski definition) is 5. The van der Waals surface area contributed by atoms with Gasteiger partial charge in [-0.05, 0) is 86.5 Å². The molecule has 8 nitrogen and oxygen atoms in total. The molecule has 48 heavy (non-hydrogen) atoms. The van der Waals surface area contributed by atoms with Gasteiger partial charge in [-0.3, -0.25) is 4.79 Å². The molecule has 3 aliphatic rings. The van der Waals surface area contributed by atoms with E-state index in [9.17, 15) is 14.0 Å². The number of ether oxygens (including phenoxy) is 1. The van der Waals surface area contributed by atoms with E-state index in [1.54, 1.807) is 18.3 Å². The second-order valence-corrected chi connectivity index (χ2v) is 13.5. The average Bonchev–Trinajstić information content (AvgIpc) is 3.81. The minimum Gasteiger partial charge on any atom is -0.445 e. The summed E-state index contributed by atoms with van der Waals surface area (Å²) < 4.78 is 21.3. The number of carbonyl (C=O) groups is 2. The van der Waals surface area contributed by atoms with Gasteiger partial charge in [0.25, 0.3) is 5.91 Å². The number of benzene rings is 3. The summed E-state index contributed by atoms with van der Waals surface area (Å²) in [6, 6.07) is 26.6. The molecule has 1 atom stereocenters. The predicted molar refractivity (Wildman–Crippen MR) is 183 cm³/mol. The van der Waals surface area contributed by atoms with E-state index in [-0.39, 0.29) is 23.7 Å². The third kappa shape index (κ3) is 7.31. The van der Waals surface area contributed by atoms with E-state index >= 15 is 0 Å². The maximum Gasteiger partial charge on any atom is 0.410 e. The predicted octanol–water partition coefficient (Wildman–Crippen LogP) is 6.87. The van der Waals surface area contributed by atoms with E-state index in [2.05, 4.69) is 29.2 Å². The number of amides is 2. The van der Waals surface area contributed by atoms with Crippen LogP contribution in [0.3, 0.4) is 0 Å². The summed E-state index contributed by atoms with van der Waals surface area (Å²) in [5, 5.41) is 4.72. The molecule has 7 rings (SSSR count). The lowest BCUT2D eigenvalue weighted by atomic mass is 9.89. The van der Waals surface area contributed by atoms with Crippen molar-refractivity contribution in [2.45, 2.75) is 50.5 Å². The topological polar surface area (TPSA) is 70.9 Å². The highest BCUT2D eigenvalue weighted by Gasteiger charge is 2.34. The molecule has 3 fully saturated rings. The van der Waals surface area contributed by atoms with Gasteiger partial charge in [0, 0.05) is 44.6 Å². The van der Waals surface area contributed by atoms with Gasteiger partial charge < -0.3 is 19.4 Å². The molecule has 4 aromatic rings.